The molecule has 29 heavy (non-hydrogen) atoms. The lowest BCUT2D eigenvalue weighted by Crippen LogP contribution is -2.42. The number of halogens is 4. The van der Waals surface area contributed by atoms with E-state index in [9.17, 15) is 23.1 Å². The Bertz CT molecular complexity index is 901. The highest BCUT2D eigenvalue weighted by atomic mass is 35.5. The molecular weight excluding hydrogens is 405 g/mol. The summed E-state index contributed by atoms with van der Waals surface area (Å²) in [5.41, 5.74) is 1.49. The van der Waals surface area contributed by atoms with Crippen LogP contribution in [0.1, 0.15) is 50.2 Å². The Kier molecular flexibility index (Phi) is 5.86. The summed E-state index contributed by atoms with van der Waals surface area (Å²) in [5, 5.41) is 9.72. The number of carbonyl (C=O) groups is 1. The summed E-state index contributed by atoms with van der Waals surface area (Å²) >= 11 is 6.30. The number of alkyl halides is 3. The fraction of sp³-hybridized carbons (Fsp3) is 0.409. The first-order valence-electron chi connectivity index (χ1n) is 9.41. The molecule has 1 aliphatic carbocycles. The van der Waals surface area contributed by atoms with E-state index in [1.54, 1.807) is 18.2 Å². The lowest BCUT2D eigenvalue weighted by atomic mass is 9.64. The average molecular weight is 427 g/mol. The Morgan fingerprint density at radius 2 is 1.83 bits per heavy atom. The molecule has 0 amide bonds. The number of rotatable bonds is 6. The second kappa shape index (κ2) is 7.90. The zero-order valence-corrected chi connectivity index (χ0v) is 16.9. The summed E-state index contributed by atoms with van der Waals surface area (Å²) in [6.07, 6.45) is -2.81. The lowest BCUT2D eigenvalue weighted by Gasteiger charge is -2.38. The van der Waals surface area contributed by atoms with Crippen molar-refractivity contribution in [2.75, 3.05) is 6.61 Å². The van der Waals surface area contributed by atoms with Gasteiger partial charge in [-0.05, 0) is 47.6 Å². The summed E-state index contributed by atoms with van der Waals surface area (Å²) < 4.78 is 43.3. The Hall–Kier alpha value is -2.21. The zero-order chi connectivity index (χ0) is 21.4. The quantitative estimate of drug-likeness (QED) is 0.567. The molecule has 0 saturated heterocycles. The second-order valence-corrected chi connectivity index (χ2v) is 8.16. The first kappa shape index (κ1) is 21.5. The molecule has 3 rings (SSSR count). The molecule has 1 fully saturated rings. The highest BCUT2D eigenvalue weighted by Crippen LogP contribution is 2.48. The van der Waals surface area contributed by atoms with E-state index >= 15 is 0 Å². The van der Waals surface area contributed by atoms with Gasteiger partial charge in [-0.2, -0.15) is 13.2 Å². The third-order valence-corrected chi connectivity index (χ3v) is 5.76. The van der Waals surface area contributed by atoms with Gasteiger partial charge in [0.15, 0.2) is 6.61 Å². The van der Waals surface area contributed by atoms with Crippen molar-refractivity contribution < 1.29 is 27.8 Å². The van der Waals surface area contributed by atoms with Gasteiger partial charge in [-0.1, -0.05) is 56.1 Å². The fourth-order valence-electron chi connectivity index (χ4n) is 3.59. The molecule has 156 valence electrons. The van der Waals surface area contributed by atoms with E-state index in [1.165, 1.54) is 6.07 Å². The van der Waals surface area contributed by atoms with Crippen LogP contribution in [0.4, 0.5) is 13.2 Å². The summed E-state index contributed by atoms with van der Waals surface area (Å²) in [6, 6.07) is 10.4. The van der Waals surface area contributed by atoms with Crippen molar-refractivity contribution in [3.05, 3.63) is 52.5 Å². The molecule has 2 aromatic carbocycles. The van der Waals surface area contributed by atoms with Gasteiger partial charge in [0.05, 0.1) is 10.4 Å². The monoisotopic (exact) mass is 426 g/mol. The Morgan fingerprint density at radius 1 is 1.21 bits per heavy atom. The highest BCUT2D eigenvalue weighted by molar-refractivity contribution is 6.32. The van der Waals surface area contributed by atoms with Gasteiger partial charge in [0.25, 0.3) is 0 Å². The van der Waals surface area contributed by atoms with E-state index in [0.717, 1.165) is 12.0 Å². The van der Waals surface area contributed by atoms with Crippen LogP contribution in [0.25, 0.3) is 11.1 Å². The molecule has 0 bridgehead atoms. The minimum atomic E-state index is -4.52. The number of hydrogen-bond donors (Lipinski definition) is 1. The molecule has 1 saturated carbocycles. The van der Waals surface area contributed by atoms with E-state index in [4.69, 9.17) is 16.3 Å². The molecule has 1 N–H and O–H groups in total. The van der Waals surface area contributed by atoms with Gasteiger partial charge in [-0.15, -0.1) is 0 Å². The zero-order valence-electron chi connectivity index (χ0n) is 16.1. The molecule has 0 aliphatic heterocycles. The SMILES string of the molecule is CC(C)c1ccc(-c2cc(C3(C(=O)O)CCC3)cc(Cl)c2OCC(F)(F)F)cc1. The Balaban J connectivity index is 2.12. The van der Waals surface area contributed by atoms with Crippen molar-refractivity contribution >= 4 is 17.6 Å². The molecule has 0 aromatic heterocycles. The van der Waals surface area contributed by atoms with Crippen LogP contribution in [0.3, 0.4) is 0 Å². The summed E-state index contributed by atoms with van der Waals surface area (Å²) in [6.45, 7) is 2.60. The van der Waals surface area contributed by atoms with Crippen molar-refractivity contribution in [1.29, 1.82) is 0 Å². The molecule has 2 aromatic rings. The normalized spacial score (nSPS) is 15.8. The van der Waals surface area contributed by atoms with Crippen LogP contribution in [0.2, 0.25) is 5.02 Å². The van der Waals surface area contributed by atoms with Crippen LogP contribution < -0.4 is 4.74 Å². The van der Waals surface area contributed by atoms with Gasteiger partial charge < -0.3 is 9.84 Å². The average Bonchev–Trinajstić information content (AvgIpc) is 2.58. The van der Waals surface area contributed by atoms with E-state index in [1.807, 2.05) is 26.0 Å². The summed E-state index contributed by atoms with van der Waals surface area (Å²) in [5.74, 6) is -0.750. The lowest BCUT2D eigenvalue weighted by molar-refractivity contribution is -0.153. The van der Waals surface area contributed by atoms with Crippen molar-refractivity contribution in [3.8, 4) is 16.9 Å². The topological polar surface area (TPSA) is 46.5 Å². The molecule has 7 heteroatoms. The van der Waals surface area contributed by atoms with Gasteiger partial charge in [-0.25, -0.2) is 0 Å². The molecule has 3 nitrogen and oxygen atoms in total. The van der Waals surface area contributed by atoms with Gasteiger partial charge >= 0.3 is 12.1 Å². The van der Waals surface area contributed by atoms with Crippen LogP contribution in [-0.4, -0.2) is 23.9 Å². The predicted molar refractivity (Wildman–Crippen MR) is 106 cm³/mol. The largest absolute Gasteiger partial charge is 0.482 e. The molecule has 0 spiro atoms. The predicted octanol–water partition coefficient (Wildman–Crippen LogP) is 6.58. The van der Waals surface area contributed by atoms with E-state index < -0.39 is 24.2 Å². The molecule has 0 radical (unpaired) electrons. The van der Waals surface area contributed by atoms with Gasteiger partial charge in [0, 0.05) is 5.56 Å². The number of carboxylic acids is 1. The van der Waals surface area contributed by atoms with E-state index in [2.05, 4.69) is 0 Å². The van der Waals surface area contributed by atoms with Crippen molar-refractivity contribution in [2.24, 2.45) is 0 Å². The van der Waals surface area contributed by atoms with Crippen LogP contribution in [-0.2, 0) is 10.2 Å². The maximum Gasteiger partial charge on any atom is 0.422 e. The fourth-order valence-corrected chi connectivity index (χ4v) is 3.86. The third kappa shape index (κ3) is 4.37. The Morgan fingerprint density at radius 3 is 2.28 bits per heavy atom. The first-order valence-corrected chi connectivity index (χ1v) is 9.78. The standard InChI is InChI=1S/C22H22ClF3O3/c1-13(2)14-4-6-15(7-5-14)17-10-16(21(20(27)28)8-3-9-21)11-18(23)19(17)29-12-22(24,25)26/h4-7,10-11,13H,3,8-9,12H2,1-2H3,(H,27,28). The molecule has 0 heterocycles. The second-order valence-electron chi connectivity index (χ2n) is 7.76. The molecule has 0 atom stereocenters. The van der Waals surface area contributed by atoms with Crippen LogP contribution in [0, 0.1) is 0 Å². The minimum Gasteiger partial charge on any atom is -0.482 e. The maximum atomic E-state index is 12.7. The Labute approximate surface area is 172 Å². The molecule has 0 unspecified atom stereocenters. The number of benzene rings is 2. The summed E-state index contributed by atoms with van der Waals surface area (Å²) in [4.78, 5) is 11.9. The van der Waals surface area contributed by atoms with Gasteiger partial charge in [0.1, 0.15) is 5.75 Å². The van der Waals surface area contributed by atoms with Crippen LogP contribution in [0.15, 0.2) is 36.4 Å². The van der Waals surface area contributed by atoms with E-state index in [0.29, 0.717) is 35.4 Å². The van der Waals surface area contributed by atoms with Gasteiger partial charge in [-0.3, -0.25) is 4.79 Å². The van der Waals surface area contributed by atoms with Crippen LogP contribution >= 0.6 is 11.6 Å². The molecule has 1 aliphatic rings. The number of carboxylic acid groups (broad SMARTS) is 1. The number of ether oxygens (including phenoxy) is 1. The molecular formula is C22H22ClF3O3. The minimum absolute atomic E-state index is 0.0257. The van der Waals surface area contributed by atoms with Crippen LogP contribution in [0.5, 0.6) is 5.75 Å². The maximum absolute atomic E-state index is 12.7. The van der Waals surface area contributed by atoms with E-state index in [-0.39, 0.29) is 10.8 Å². The van der Waals surface area contributed by atoms with Crippen molar-refractivity contribution in [2.45, 2.75) is 50.6 Å². The smallest absolute Gasteiger partial charge is 0.422 e. The first-order chi connectivity index (χ1) is 13.5. The van der Waals surface area contributed by atoms with Crippen molar-refractivity contribution in [1.82, 2.24) is 0 Å². The number of hydrogen-bond acceptors (Lipinski definition) is 2. The highest BCUT2D eigenvalue weighted by Gasteiger charge is 2.46. The summed E-state index contributed by atoms with van der Waals surface area (Å²) in [7, 11) is 0. The number of aliphatic carboxylic acids is 1. The van der Waals surface area contributed by atoms with Crippen molar-refractivity contribution in [3.63, 3.8) is 0 Å². The third-order valence-electron chi connectivity index (χ3n) is 5.48. The van der Waals surface area contributed by atoms with Gasteiger partial charge in [0.2, 0.25) is 0 Å².